The van der Waals surface area contributed by atoms with Crippen molar-refractivity contribution in [2.45, 2.75) is 19.3 Å². The topological polar surface area (TPSA) is 32.9 Å². The predicted octanol–water partition coefficient (Wildman–Crippen LogP) is 26.6. The summed E-state index contributed by atoms with van der Waals surface area (Å²) in [4.78, 5) is 0. The van der Waals surface area contributed by atoms with Crippen molar-refractivity contribution in [2.24, 2.45) is 0 Å². The fourth-order valence-electron chi connectivity index (χ4n) is 17.3. The Morgan fingerprint density at radius 1 is 0.212 bits per heavy atom. The van der Waals surface area contributed by atoms with Gasteiger partial charge in [0, 0.05) is 88.0 Å². The molecule has 0 saturated heterocycles. The minimum Gasteiger partial charge on any atom is -0.456 e. The van der Waals surface area contributed by atoms with E-state index >= 15 is 0 Å². The van der Waals surface area contributed by atoms with E-state index in [2.05, 4.69) is 384 Å². The van der Waals surface area contributed by atoms with Gasteiger partial charge in [-0.3, -0.25) is 0 Å². The highest BCUT2D eigenvalue weighted by Crippen LogP contribution is 2.52. The van der Waals surface area contributed by atoms with Gasteiger partial charge in [0.15, 0.2) is 0 Å². The Hall–Kier alpha value is -13.5. The monoisotopic (exact) mass is 1330 g/mol. The lowest BCUT2D eigenvalue weighted by atomic mass is 9.82. The molecule has 0 saturated carbocycles. The molecule has 22 rings (SSSR count). The maximum absolute atomic E-state index is 6.30. The summed E-state index contributed by atoms with van der Waals surface area (Å²) in [5.41, 5.74) is 31.2. The minimum atomic E-state index is -0.0543. The maximum atomic E-state index is 6.30. The van der Waals surface area contributed by atoms with E-state index in [1.807, 2.05) is 12.1 Å². The minimum absolute atomic E-state index is 0.0543. The molecule has 5 aromatic heterocycles. The van der Waals surface area contributed by atoms with Crippen molar-refractivity contribution >= 4 is 109 Å². The molecular formula is C99H66N4O. The largest absolute Gasteiger partial charge is 0.456 e. The molecule has 5 nitrogen and oxygen atoms in total. The summed E-state index contributed by atoms with van der Waals surface area (Å²) in [6.45, 7) is 4.71. The Labute approximate surface area is 600 Å². The van der Waals surface area contributed by atoms with Crippen molar-refractivity contribution in [2.75, 3.05) is 0 Å². The average molecular weight is 1330 g/mol. The van der Waals surface area contributed by atoms with Crippen molar-refractivity contribution in [3.05, 3.63) is 375 Å². The van der Waals surface area contributed by atoms with Crippen LogP contribution < -0.4 is 0 Å². The highest BCUT2D eigenvalue weighted by Gasteiger charge is 2.37. The van der Waals surface area contributed by atoms with E-state index in [4.69, 9.17) is 4.42 Å². The molecule has 0 aliphatic heterocycles. The quantitative estimate of drug-likeness (QED) is 0.149. The van der Waals surface area contributed by atoms with E-state index in [0.717, 1.165) is 39.0 Å². The van der Waals surface area contributed by atoms with Crippen molar-refractivity contribution in [1.82, 2.24) is 18.3 Å². The van der Waals surface area contributed by atoms with E-state index in [1.54, 1.807) is 0 Å². The van der Waals surface area contributed by atoms with Gasteiger partial charge in [0.2, 0.25) is 0 Å². The third-order valence-electron chi connectivity index (χ3n) is 22.3. The Kier molecular flexibility index (Phi) is 13.3. The number of furan rings is 1. The Morgan fingerprint density at radius 2 is 0.548 bits per heavy atom. The fraction of sp³-hybridized carbons (Fsp3) is 0.0303. The van der Waals surface area contributed by atoms with Crippen LogP contribution in [0.1, 0.15) is 25.0 Å². The molecule has 16 aromatic carbocycles. The van der Waals surface area contributed by atoms with Crippen LogP contribution in [-0.2, 0) is 5.41 Å². The second-order valence-corrected chi connectivity index (χ2v) is 28.3. The molecular weight excluding hydrogens is 1260 g/mol. The second-order valence-electron chi connectivity index (χ2n) is 28.3. The van der Waals surface area contributed by atoms with Crippen LogP contribution in [-0.4, -0.2) is 18.3 Å². The van der Waals surface area contributed by atoms with Crippen molar-refractivity contribution in [3.63, 3.8) is 0 Å². The van der Waals surface area contributed by atoms with E-state index in [0.29, 0.717) is 0 Å². The van der Waals surface area contributed by atoms with Crippen molar-refractivity contribution < 1.29 is 4.42 Å². The molecule has 0 unspecified atom stereocenters. The summed E-state index contributed by atoms with van der Waals surface area (Å²) >= 11 is 0. The van der Waals surface area contributed by atoms with Gasteiger partial charge in [-0.2, -0.15) is 0 Å². The molecule has 0 fully saturated rings. The van der Waals surface area contributed by atoms with Crippen molar-refractivity contribution in [3.8, 4) is 78.4 Å². The van der Waals surface area contributed by atoms with Crippen LogP contribution in [0.25, 0.3) is 188 Å². The zero-order chi connectivity index (χ0) is 68.7. The van der Waals surface area contributed by atoms with Gasteiger partial charge in [-0.1, -0.05) is 250 Å². The maximum Gasteiger partial charge on any atom is 0.137 e. The molecule has 5 heterocycles. The lowest BCUT2D eigenvalue weighted by Gasteiger charge is -2.21. The van der Waals surface area contributed by atoms with Gasteiger partial charge >= 0.3 is 0 Å². The number of benzene rings is 16. The van der Waals surface area contributed by atoms with Gasteiger partial charge in [-0.25, -0.2) is 0 Å². The summed E-state index contributed by atoms with van der Waals surface area (Å²) in [6.07, 6.45) is 0. The first kappa shape index (κ1) is 59.4. The van der Waals surface area contributed by atoms with Crippen LogP contribution in [0.2, 0.25) is 0 Å². The number of aromatic nitrogens is 4. The molecule has 0 bridgehead atoms. The standard InChI is InChI=1S/C51H36N2.C48H30N2O/c1-51(2)43-18-9-6-17-40(43)50-44(51)19-12-22-49(50)53-46-21-11-8-16-39(46)42-32-36(26-30-48(42)53)35-25-29-47-41(31-35)38-15-7-10-20-45(38)52(47)37-27-23-34(24-28-37)33-13-4-3-5-14-33;1-2-10-31(11-3-1)32-18-22-35(23-19-32)49-43-15-7-4-12-37(43)41-28-33(20-26-45(41)49)34-21-27-46-42(29-34)38-13-5-8-16-44(38)50(46)36-24-25-40-39-14-6-9-17-47(39)51-48(40)30-36/h3-32H,1-2H3;1-30H. The van der Waals surface area contributed by atoms with Crippen LogP contribution in [0, 0.1) is 0 Å². The zero-order valence-corrected chi connectivity index (χ0v) is 57.3. The molecule has 0 N–H and O–H groups in total. The fourth-order valence-corrected chi connectivity index (χ4v) is 17.3. The molecule has 0 radical (unpaired) electrons. The Balaban J connectivity index is 0.000000134. The smallest absolute Gasteiger partial charge is 0.137 e. The lowest BCUT2D eigenvalue weighted by Crippen LogP contribution is -2.14. The number of hydrogen-bond donors (Lipinski definition) is 0. The number of hydrogen-bond acceptors (Lipinski definition) is 1. The van der Waals surface area contributed by atoms with Crippen LogP contribution in [0.4, 0.5) is 0 Å². The number of rotatable bonds is 8. The first-order valence-corrected chi connectivity index (χ1v) is 36.0. The lowest BCUT2D eigenvalue weighted by molar-refractivity contribution is 0.660. The molecule has 1 aliphatic rings. The van der Waals surface area contributed by atoms with Crippen LogP contribution in [0.5, 0.6) is 0 Å². The van der Waals surface area contributed by atoms with E-state index in [-0.39, 0.29) is 5.41 Å². The molecule has 0 amide bonds. The van der Waals surface area contributed by atoms with Gasteiger partial charge in [-0.05, 0) is 183 Å². The van der Waals surface area contributed by atoms with E-state index in [1.165, 1.54) is 160 Å². The molecule has 21 aromatic rings. The highest BCUT2D eigenvalue weighted by atomic mass is 16.3. The van der Waals surface area contributed by atoms with E-state index in [9.17, 15) is 0 Å². The first-order chi connectivity index (χ1) is 51.3. The predicted molar refractivity (Wildman–Crippen MR) is 437 cm³/mol. The Morgan fingerprint density at radius 3 is 1.03 bits per heavy atom. The molecule has 488 valence electrons. The van der Waals surface area contributed by atoms with Crippen LogP contribution in [0.15, 0.2) is 368 Å². The molecule has 5 heteroatoms. The summed E-state index contributed by atoms with van der Waals surface area (Å²) in [7, 11) is 0. The second kappa shape index (κ2) is 23.3. The normalized spacial score (nSPS) is 12.6. The van der Waals surface area contributed by atoms with Gasteiger partial charge in [0.1, 0.15) is 11.2 Å². The summed E-state index contributed by atoms with van der Waals surface area (Å²) in [5.74, 6) is 0. The number of nitrogens with zero attached hydrogens (tertiary/aromatic N) is 4. The average Bonchev–Trinajstić information content (AvgIpc) is 1.53. The van der Waals surface area contributed by atoms with Crippen LogP contribution >= 0.6 is 0 Å². The van der Waals surface area contributed by atoms with Gasteiger partial charge in [-0.15, -0.1) is 0 Å². The first-order valence-electron chi connectivity index (χ1n) is 36.0. The zero-order valence-electron chi connectivity index (χ0n) is 57.3. The Bertz CT molecular complexity index is 7040. The molecule has 0 spiro atoms. The highest BCUT2D eigenvalue weighted by molar-refractivity contribution is 6.16. The van der Waals surface area contributed by atoms with Gasteiger partial charge < -0.3 is 22.7 Å². The van der Waals surface area contributed by atoms with Crippen molar-refractivity contribution in [1.29, 1.82) is 0 Å². The molecule has 0 atom stereocenters. The molecule has 1 aliphatic carbocycles. The van der Waals surface area contributed by atoms with Gasteiger partial charge in [0.25, 0.3) is 0 Å². The number of fused-ring (bicyclic) bond motifs is 18. The summed E-state index contributed by atoms with van der Waals surface area (Å²) in [5, 5.41) is 12.3. The van der Waals surface area contributed by atoms with E-state index < -0.39 is 0 Å². The third-order valence-corrected chi connectivity index (χ3v) is 22.3. The number of para-hydroxylation sites is 5. The SMILES string of the molecule is CC1(C)c2ccccc2-c2c(-n3c4ccccc4c4cc(-c5ccc6c(c5)c5ccccc5n6-c5ccc(-c6ccccc6)cc5)ccc43)cccc21.c1ccc(-c2ccc(-n3c4ccccc4c4cc(-c5ccc6c(c5)c5ccccc5n6-c5ccc6c(c5)oc5ccccc56)ccc43)cc2)cc1. The summed E-state index contributed by atoms with van der Waals surface area (Å²) in [6, 6.07) is 133. The van der Waals surface area contributed by atoms with Gasteiger partial charge in [0.05, 0.1) is 49.8 Å². The molecule has 104 heavy (non-hydrogen) atoms. The third kappa shape index (κ3) is 9.20. The van der Waals surface area contributed by atoms with Crippen LogP contribution in [0.3, 0.4) is 0 Å². The summed E-state index contributed by atoms with van der Waals surface area (Å²) < 4.78 is 15.9.